The van der Waals surface area contributed by atoms with E-state index >= 15 is 0 Å². The van der Waals surface area contributed by atoms with E-state index in [1.165, 1.54) is 0 Å². The van der Waals surface area contributed by atoms with Gasteiger partial charge in [-0.05, 0) is 58.4 Å². The highest BCUT2D eigenvalue weighted by molar-refractivity contribution is 5.91. The lowest BCUT2D eigenvalue weighted by atomic mass is 10.1. The number of nitrogens with one attached hydrogen (secondary N) is 1. The summed E-state index contributed by atoms with van der Waals surface area (Å²) in [6, 6.07) is 7.59. The molecule has 3 aromatic heterocycles. The molecule has 3 aromatic rings. The fourth-order valence-corrected chi connectivity index (χ4v) is 2.34. The average molecular weight is 350 g/mol. The first-order valence-corrected chi connectivity index (χ1v) is 8.38. The van der Waals surface area contributed by atoms with Crippen molar-refractivity contribution in [1.82, 2.24) is 30.0 Å². The molecule has 3 rings (SSSR count). The number of carbonyl (C=O) groups is 1. The van der Waals surface area contributed by atoms with Crippen LogP contribution in [0, 0.1) is 13.8 Å². The molecule has 0 atom stereocenters. The van der Waals surface area contributed by atoms with E-state index in [0.29, 0.717) is 11.5 Å². The second-order valence-electron chi connectivity index (χ2n) is 7.25. The van der Waals surface area contributed by atoms with Crippen molar-refractivity contribution in [3.63, 3.8) is 0 Å². The van der Waals surface area contributed by atoms with Crippen LogP contribution in [0.15, 0.2) is 36.7 Å². The van der Waals surface area contributed by atoms with Gasteiger partial charge in [0.2, 0.25) is 5.82 Å². The number of pyridine rings is 2. The van der Waals surface area contributed by atoms with Gasteiger partial charge in [-0.25, -0.2) is 9.67 Å². The summed E-state index contributed by atoms with van der Waals surface area (Å²) in [6.45, 7) is 9.61. The third-order valence-corrected chi connectivity index (χ3v) is 3.58. The van der Waals surface area contributed by atoms with Crippen molar-refractivity contribution < 1.29 is 4.79 Å². The molecule has 0 aromatic carbocycles. The third kappa shape index (κ3) is 3.93. The Morgan fingerprint density at radius 2 is 1.81 bits per heavy atom. The van der Waals surface area contributed by atoms with E-state index in [0.717, 1.165) is 16.9 Å². The smallest absolute Gasteiger partial charge is 0.291 e. The first kappa shape index (κ1) is 17.7. The van der Waals surface area contributed by atoms with Crippen LogP contribution in [0.5, 0.6) is 0 Å². The summed E-state index contributed by atoms with van der Waals surface area (Å²) in [4.78, 5) is 25.7. The Hall–Kier alpha value is -3.09. The monoisotopic (exact) mass is 350 g/mol. The molecular formula is C19H22N6O. The topological polar surface area (TPSA) is 85.6 Å². The van der Waals surface area contributed by atoms with Gasteiger partial charge >= 0.3 is 0 Å². The van der Waals surface area contributed by atoms with Gasteiger partial charge in [-0.3, -0.25) is 14.8 Å². The fourth-order valence-electron chi connectivity index (χ4n) is 2.34. The maximum absolute atomic E-state index is 12.5. The summed E-state index contributed by atoms with van der Waals surface area (Å²) in [5, 5.41) is 7.29. The van der Waals surface area contributed by atoms with Gasteiger partial charge in [0, 0.05) is 17.4 Å². The maximum atomic E-state index is 12.5. The highest BCUT2D eigenvalue weighted by Gasteiger charge is 2.22. The zero-order valence-corrected chi connectivity index (χ0v) is 15.6. The van der Waals surface area contributed by atoms with Crippen LogP contribution in [-0.2, 0) is 0 Å². The Balaban J connectivity index is 2.09. The minimum atomic E-state index is -0.379. The molecule has 0 unspecified atom stereocenters. The van der Waals surface area contributed by atoms with Crippen LogP contribution in [0.25, 0.3) is 17.2 Å². The lowest BCUT2D eigenvalue weighted by Crippen LogP contribution is -2.41. The summed E-state index contributed by atoms with van der Waals surface area (Å²) in [5.41, 5.74) is 2.92. The summed E-state index contributed by atoms with van der Waals surface area (Å²) < 4.78 is 1.60. The lowest BCUT2D eigenvalue weighted by molar-refractivity contribution is 0.0909. The largest absolute Gasteiger partial charge is 0.345 e. The molecule has 134 valence electrons. The van der Waals surface area contributed by atoms with Gasteiger partial charge in [-0.15, -0.1) is 5.10 Å². The van der Waals surface area contributed by atoms with Crippen molar-refractivity contribution >= 4 is 5.91 Å². The van der Waals surface area contributed by atoms with Gasteiger partial charge in [-0.1, -0.05) is 6.07 Å². The summed E-state index contributed by atoms with van der Waals surface area (Å²) >= 11 is 0. The normalized spacial score (nSPS) is 11.4. The number of aryl methyl sites for hydroxylation is 2. The van der Waals surface area contributed by atoms with Crippen LogP contribution in [0.4, 0.5) is 0 Å². The average Bonchev–Trinajstić information content (AvgIpc) is 3.00. The van der Waals surface area contributed by atoms with Gasteiger partial charge in [-0.2, -0.15) is 0 Å². The first-order valence-electron chi connectivity index (χ1n) is 8.38. The lowest BCUT2D eigenvalue weighted by Gasteiger charge is -2.18. The van der Waals surface area contributed by atoms with E-state index in [-0.39, 0.29) is 17.3 Å². The zero-order chi connectivity index (χ0) is 18.9. The summed E-state index contributed by atoms with van der Waals surface area (Å²) in [5.74, 6) is 0.261. The van der Waals surface area contributed by atoms with Crippen LogP contribution < -0.4 is 5.32 Å². The van der Waals surface area contributed by atoms with Gasteiger partial charge in [0.25, 0.3) is 5.91 Å². The molecule has 1 N–H and O–H groups in total. The second kappa shape index (κ2) is 6.67. The Kier molecular flexibility index (Phi) is 4.54. The van der Waals surface area contributed by atoms with Crippen LogP contribution in [0.2, 0.25) is 0 Å². The van der Waals surface area contributed by atoms with Gasteiger partial charge in [0.05, 0.1) is 11.9 Å². The van der Waals surface area contributed by atoms with Crippen molar-refractivity contribution in [2.24, 2.45) is 0 Å². The molecule has 7 heteroatoms. The zero-order valence-electron chi connectivity index (χ0n) is 15.6. The second-order valence-corrected chi connectivity index (χ2v) is 7.25. The number of carbonyl (C=O) groups excluding carboxylic acids is 1. The minimum absolute atomic E-state index is 0.0953. The summed E-state index contributed by atoms with van der Waals surface area (Å²) in [6.07, 6.45) is 3.46. The molecule has 0 saturated heterocycles. The standard InChI is InChI=1S/C19H22N6O/c1-12-6-9-15(21-10-12)17-22-16(18(26)23-19(3,4)5)24-25(17)14-8-7-13(2)20-11-14/h6-11H,1-5H3,(H,23,26). The maximum Gasteiger partial charge on any atom is 0.291 e. The Bertz CT molecular complexity index is 857. The molecule has 0 aliphatic heterocycles. The number of amides is 1. The van der Waals surface area contributed by atoms with Crippen molar-refractivity contribution in [3.8, 4) is 17.2 Å². The molecule has 3 heterocycles. The van der Waals surface area contributed by atoms with Crippen LogP contribution in [0.3, 0.4) is 0 Å². The van der Waals surface area contributed by atoms with Gasteiger partial charge in [0.1, 0.15) is 5.69 Å². The number of hydrogen-bond donors (Lipinski definition) is 1. The van der Waals surface area contributed by atoms with E-state index in [4.69, 9.17) is 0 Å². The van der Waals surface area contributed by atoms with E-state index in [2.05, 4.69) is 25.4 Å². The summed E-state index contributed by atoms with van der Waals surface area (Å²) in [7, 11) is 0. The third-order valence-electron chi connectivity index (χ3n) is 3.58. The molecule has 0 radical (unpaired) electrons. The highest BCUT2D eigenvalue weighted by Crippen LogP contribution is 2.20. The Morgan fingerprint density at radius 3 is 2.38 bits per heavy atom. The first-order chi connectivity index (χ1) is 12.2. The van der Waals surface area contributed by atoms with Crippen molar-refractivity contribution in [2.75, 3.05) is 0 Å². The molecule has 0 bridgehead atoms. The van der Waals surface area contributed by atoms with E-state index in [9.17, 15) is 4.79 Å². The van der Waals surface area contributed by atoms with Crippen LogP contribution in [-0.4, -0.2) is 36.2 Å². The highest BCUT2D eigenvalue weighted by atomic mass is 16.2. The molecule has 0 fully saturated rings. The van der Waals surface area contributed by atoms with Gasteiger partial charge in [0.15, 0.2) is 5.82 Å². The van der Waals surface area contributed by atoms with Crippen LogP contribution in [0.1, 0.15) is 42.6 Å². The Labute approximate surface area is 152 Å². The number of rotatable bonds is 3. The number of aromatic nitrogens is 5. The van der Waals surface area contributed by atoms with E-state index in [1.54, 1.807) is 17.1 Å². The predicted molar refractivity (Wildman–Crippen MR) is 99.1 cm³/mol. The number of hydrogen-bond acceptors (Lipinski definition) is 5. The SMILES string of the molecule is Cc1ccc(-c2nc(C(=O)NC(C)(C)C)nn2-c2ccc(C)nc2)nc1. The van der Waals surface area contributed by atoms with Crippen molar-refractivity contribution in [1.29, 1.82) is 0 Å². The molecule has 0 aliphatic carbocycles. The molecule has 0 spiro atoms. The molecule has 26 heavy (non-hydrogen) atoms. The van der Waals surface area contributed by atoms with Crippen molar-refractivity contribution in [3.05, 3.63) is 53.7 Å². The quantitative estimate of drug-likeness (QED) is 0.785. The molecule has 0 aliphatic rings. The molecule has 0 saturated carbocycles. The van der Waals surface area contributed by atoms with E-state index in [1.807, 2.05) is 58.9 Å². The Morgan fingerprint density at radius 1 is 1.04 bits per heavy atom. The van der Waals surface area contributed by atoms with Crippen LogP contribution >= 0.6 is 0 Å². The molecular weight excluding hydrogens is 328 g/mol. The van der Waals surface area contributed by atoms with E-state index < -0.39 is 0 Å². The minimum Gasteiger partial charge on any atom is -0.345 e. The van der Waals surface area contributed by atoms with Gasteiger partial charge < -0.3 is 5.32 Å². The fraction of sp³-hybridized carbons (Fsp3) is 0.316. The molecule has 7 nitrogen and oxygen atoms in total. The van der Waals surface area contributed by atoms with Crippen molar-refractivity contribution in [2.45, 2.75) is 40.2 Å². The predicted octanol–water partition coefficient (Wildman–Crippen LogP) is 2.87. The molecule has 1 amide bonds. The number of nitrogens with zero attached hydrogens (tertiary/aromatic N) is 5.